The number of aromatic amines is 1. The minimum absolute atomic E-state index is 0.0789. The van der Waals surface area contributed by atoms with Gasteiger partial charge in [-0.3, -0.25) is 19.3 Å². The van der Waals surface area contributed by atoms with Gasteiger partial charge in [0.15, 0.2) is 0 Å². The predicted octanol–water partition coefficient (Wildman–Crippen LogP) is 3.20. The summed E-state index contributed by atoms with van der Waals surface area (Å²) in [5, 5.41) is 5.92. The van der Waals surface area contributed by atoms with E-state index in [1.54, 1.807) is 30.5 Å². The molecule has 1 saturated heterocycles. The standard InChI is InChI=1S/C24H25N5O3/c1-15-10-21-19(11-18(15)24(31)28(2)14-16-4-3-7-25-12-16)22-20(23(30)27-21)13-26-29(22)17-5-8-32-9-6-17/h3-4,7,10-13,17H,5-6,8-9,14H2,1-2H3,(H,27,30). The van der Waals surface area contributed by atoms with Gasteiger partial charge in [0, 0.05) is 50.1 Å². The number of fused-ring (bicyclic) bond motifs is 3. The SMILES string of the molecule is Cc1cc2[nH]c(=O)c3cnn(C4CCOCC4)c3c2cc1C(=O)N(C)Cc1cccnc1. The molecule has 1 fully saturated rings. The lowest BCUT2D eigenvalue weighted by molar-refractivity contribution is 0.0675. The zero-order valence-corrected chi connectivity index (χ0v) is 18.2. The van der Waals surface area contributed by atoms with Gasteiger partial charge in [-0.1, -0.05) is 6.07 Å². The first-order chi connectivity index (χ1) is 15.5. The number of nitrogens with zero attached hydrogens (tertiary/aromatic N) is 4. The lowest BCUT2D eigenvalue weighted by Crippen LogP contribution is -2.27. The van der Waals surface area contributed by atoms with Crippen molar-refractivity contribution in [3.05, 3.63) is 69.9 Å². The summed E-state index contributed by atoms with van der Waals surface area (Å²) in [6, 6.07) is 7.75. The third-order valence-corrected chi connectivity index (χ3v) is 6.16. The average molecular weight is 431 g/mol. The number of carbonyl (C=O) groups excluding carboxylic acids is 1. The normalized spacial score (nSPS) is 14.8. The van der Waals surface area contributed by atoms with Crippen molar-refractivity contribution in [2.24, 2.45) is 0 Å². The van der Waals surface area contributed by atoms with Crippen LogP contribution in [-0.2, 0) is 11.3 Å². The highest BCUT2D eigenvalue weighted by molar-refractivity contribution is 6.07. The van der Waals surface area contributed by atoms with Crippen LogP contribution in [0.5, 0.6) is 0 Å². The van der Waals surface area contributed by atoms with Crippen molar-refractivity contribution >= 4 is 27.7 Å². The van der Waals surface area contributed by atoms with E-state index < -0.39 is 0 Å². The second-order valence-corrected chi connectivity index (χ2v) is 8.38. The molecule has 3 aromatic heterocycles. The van der Waals surface area contributed by atoms with Gasteiger partial charge in [-0.15, -0.1) is 0 Å². The number of hydrogen-bond acceptors (Lipinski definition) is 5. The maximum atomic E-state index is 13.3. The largest absolute Gasteiger partial charge is 0.381 e. The van der Waals surface area contributed by atoms with Crippen LogP contribution in [0.1, 0.15) is 40.4 Å². The van der Waals surface area contributed by atoms with E-state index in [2.05, 4.69) is 15.1 Å². The number of pyridine rings is 2. The lowest BCUT2D eigenvalue weighted by atomic mass is 10.0. The van der Waals surface area contributed by atoms with Gasteiger partial charge in [-0.05, 0) is 49.1 Å². The fraction of sp³-hybridized carbons (Fsp3) is 0.333. The van der Waals surface area contributed by atoms with E-state index in [9.17, 15) is 9.59 Å². The Labute approximate surface area is 184 Å². The molecule has 1 aliphatic rings. The molecule has 8 nitrogen and oxygen atoms in total. The molecule has 1 aliphatic heterocycles. The van der Waals surface area contributed by atoms with E-state index in [1.807, 2.05) is 35.9 Å². The van der Waals surface area contributed by atoms with Crippen LogP contribution in [0.4, 0.5) is 0 Å². The minimum Gasteiger partial charge on any atom is -0.381 e. The third kappa shape index (κ3) is 3.56. The van der Waals surface area contributed by atoms with Gasteiger partial charge >= 0.3 is 0 Å². The fourth-order valence-electron chi connectivity index (χ4n) is 4.47. The Bertz CT molecular complexity index is 1350. The van der Waals surface area contributed by atoms with E-state index in [0.717, 1.165) is 34.9 Å². The van der Waals surface area contributed by atoms with Crippen LogP contribution in [0.15, 0.2) is 47.7 Å². The fourth-order valence-corrected chi connectivity index (χ4v) is 4.47. The summed E-state index contributed by atoms with van der Waals surface area (Å²) in [6.45, 7) is 3.71. The molecule has 4 aromatic rings. The van der Waals surface area contributed by atoms with Crippen LogP contribution >= 0.6 is 0 Å². The molecule has 8 heteroatoms. The number of rotatable bonds is 4. The molecule has 0 radical (unpaired) electrons. The summed E-state index contributed by atoms with van der Waals surface area (Å²) in [7, 11) is 1.79. The van der Waals surface area contributed by atoms with Crippen LogP contribution in [0.3, 0.4) is 0 Å². The van der Waals surface area contributed by atoms with Gasteiger partial charge in [-0.2, -0.15) is 5.10 Å². The highest BCUT2D eigenvalue weighted by atomic mass is 16.5. The second-order valence-electron chi connectivity index (χ2n) is 8.38. The van der Waals surface area contributed by atoms with Crippen molar-refractivity contribution in [3.63, 3.8) is 0 Å². The van der Waals surface area contributed by atoms with E-state index in [1.165, 1.54) is 0 Å². The molecule has 164 valence electrons. The van der Waals surface area contributed by atoms with Crippen LogP contribution in [-0.4, -0.2) is 50.8 Å². The number of aryl methyl sites for hydroxylation is 1. The van der Waals surface area contributed by atoms with E-state index in [-0.39, 0.29) is 17.5 Å². The van der Waals surface area contributed by atoms with Gasteiger partial charge in [0.2, 0.25) is 0 Å². The number of benzene rings is 1. The van der Waals surface area contributed by atoms with Gasteiger partial charge in [0.25, 0.3) is 11.5 Å². The molecule has 0 spiro atoms. The first-order valence-corrected chi connectivity index (χ1v) is 10.8. The van der Waals surface area contributed by atoms with Gasteiger partial charge in [-0.25, -0.2) is 0 Å². The molecule has 0 aliphatic carbocycles. The summed E-state index contributed by atoms with van der Waals surface area (Å²) in [6.07, 6.45) is 6.79. The van der Waals surface area contributed by atoms with E-state index in [0.29, 0.717) is 36.2 Å². The number of hydrogen-bond donors (Lipinski definition) is 1. The Morgan fingerprint density at radius 1 is 1.25 bits per heavy atom. The topological polar surface area (TPSA) is 93.1 Å². The van der Waals surface area contributed by atoms with E-state index in [4.69, 9.17) is 4.74 Å². The van der Waals surface area contributed by atoms with E-state index >= 15 is 0 Å². The average Bonchev–Trinajstić information content (AvgIpc) is 3.26. The predicted molar refractivity (Wildman–Crippen MR) is 122 cm³/mol. The molecular formula is C24H25N5O3. The van der Waals surface area contributed by atoms with Gasteiger partial charge in [0.1, 0.15) is 0 Å². The molecular weight excluding hydrogens is 406 g/mol. The van der Waals surface area contributed by atoms with Crippen LogP contribution in [0.25, 0.3) is 21.8 Å². The number of carbonyl (C=O) groups is 1. The second kappa shape index (κ2) is 8.20. The van der Waals surface area contributed by atoms with Crippen LogP contribution in [0.2, 0.25) is 0 Å². The van der Waals surface area contributed by atoms with Crippen molar-refractivity contribution in [1.82, 2.24) is 24.6 Å². The number of nitrogens with one attached hydrogen (secondary N) is 1. The maximum Gasteiger partial charge on any atom is 0.259 e. The monoisotopic (exact) mass is 431 g/mol. The summed E-state index contributed by atoms with van der Waals surface area (Å²) in [5.74, 6) is -0.0789. The first-order valence-electron chi connectivity index (χ1n) is 10.8. The van der Waals surface area contributed by atoms with Crippen LogP contribution in [0, 0.1) is 6.92 Å². The molecule has 0 atom stereocenters. The molecule has 1 amide bonds. The summed E-state index contributed by atoms with van der Waals surface area (Å²) < 4.78 is 7.44. The molecule has 0 unspecified atom stereocenters. The Balaban J connectivity index is 1.61. The first kappa shape index (κ1) is 20.4. The lowest BCUT2D eigenvalue weighted by Gasteiger charge is -2.23. The van der Waals surface area contributed by atoms with Crippen molar-refractivity contribution in [1.29, 1.82) is 0 Å². The molecule has 32 heavy (non-hydrogen) atoms. The van der Waals surface area contributed by atoms with Gasteiger partial charge < -0.3 is 14.6 Å². The molecule has 0 bridgehead atoms. The number of H-pyrrole nitrogens is 1. The number of aromatic nitrogens is 4. The smallest absolute Gasteiger partial charge is 0.259 e. The van der Waals surface area contributed by atoms with Crippen LogP contribution < -0.4 is 5.56 Å². The highest BCUT2D eigenvalue weighted by Gasteiger charge is 2.23. The molecule has 1 N–H and O–H groups in total. The Kier molecular flexibility index (Phi) is 5.22. The minimum atomic E-state index is -0.169. The Hall–Kier alpha value is -3.52. The molecule has 4 heterocycles. The molecule has 1 aromatic carbocycles. The molecule has 0 saturated carbocycles. The van der Waals surface area contributed by atoms with Crippen molar-refractivity contribution in [2.75, 3.05) is 20.3 Å². The van der Waals surface area contributed by atoms with Gasteiger partial charge in [0.05, 0.1) is 28.7 Å². The highest BCUT2D eigenvalue weighted by Crippen LogP contribution is 2.30. The summed E-state index contributed by atoms with van der Waals surface area (Å²) in [5.41, 5.74) is 3.70. The number of amides is 1. The summed E-state index contributed by atoms with van der Waals surface area (Å²) >= 11 is 0. The van der Waals surface area contributed by atoms with Crippen molar-refractivity contribution < 1.29 is 9.53 Å². The zero-order valence-electron chi connectivity index (χ0n) is 18.2. The Morgan fingerprint density at radius 3 is 2.81 bits per heavy atom. The quantitative estimate of drug-likeness (QED) is 0.536. The van der Waals surface area contributed by atoms with Crippen molar-refractivity contribution in [2.45, 2.75) is 32.4 Å². The summed E-state index contributed by atoms with van der Waals surface area (Å²) in [4.78, 5) is 34.8. The maximum absolute atomic E-state index is 13.3. The number of ether oxygens (including phenoxy) is 1. The third-order valence-electron chi connectivity index (χ3n) is 6.16. The Morgan fingerprint density at radius 2 is 2.06 bits per heavy atom. The molecule has 5 rings (SSSR count). The van der Waals surface area contributed by atoms with Crippen molar-refractivity contribution in [3.8, 4) is 0 Å². The zero-order chi connectivity index (χ0) is 22.2.